The Balaban J connectivity index is 1.96. The molecular formula is C17H17F2N3O2. The van der Waals surface area contributed by atoms with Crippen LogP contribution in [0.1, 0.15) is 35.7 Å². The molecule has 0 N–H and O–H groups in total. The SMILES string of the molecule is CC(=O)c1cc(C(F)F)cc2c(=O)n(C)c(N3CC4CC4C3)nc12. The summed E-state index contributed by atoms with van der Waals surface area (Å²) in [4.78, 5) is 31.2. The van der Waals surface area contributed by atoms with Gasteiger partial charge >= 0.3 is 0 Å². The molecule has 4 rings (SSSR count). The standard InChI is InChI=1S/C17H17F2N3O2/c1-8(23)12-4-9(15(18)19)5-13-14(12)20-17(21(2)16(13)24)22-6-10-3-11(10)7-22/h4-5,10-11,15H,3,6-7H2,1-2H3. The van der Waals surface area contributed by atoms with Crippen molar-refractivity contribution < 1.29 is 13.6 Å². The van der Waals surface area contributed by atoms with Crippen LogP contribution in [0.25, 0.3) is 10.9 Å². The summed E-state index contributed by atoms with van der Waals surface area (Å²) < 4.78 is 27.6. The van der Waals surface area contributed by atoms with Crippen LogP contribution in [0, 0.1) is 11.8 Å². The number of piperidine rings is 1. The average Bonchev–Trinajstić information content (AvgIpc) is 3.15. The minimum Gasteiger partial charge on any atom is -0.342 e. The number of ketones is 1. The van der Waals surface area contributed by atoms with Crippen LogP contribution in [0.4, 0.5) is 14.7 Å². The fourth-order valence-electron chi connectivity index (χ4n) is 3.63. The van der Waals surface area contributed by atoms with E-state index in [1.165, 1.54) is 17.9 Å². The summed E-state index contributed by atoms with van der Waals surface area (Å²) in [6.07, 6.45) is -1.53. The number of carbonyl (C=O) groups excluding carboxylic acids is 1. The van der Waals surface area contributed by atoms with Crippen LogP contribution in [0.3, 0.4) is 0 Å². The van der Waals surface area contributed by atoms with Gasteiger partial charge in [0.15, 0.2) is 5.78 Å². The first-order chi connectivity index (χ1) is 11.4. The first-order valence-corrected chi connectivity index (χ1v) is 7.95. The van der Waals surface area contributed by atoms with Gasteiger partial charge in [-0.2, -0.15) is 0 Å². The molecule has 1 aliphatic heterocycles. The lowest BCUT2D eigenvalue weighted by molar-refractivity contribution is 0.101. The van der Waals surface area contributed by atoms with Crippen molar-refractivity contribution in [3.63, 3.8) is 0 Å². The second kappa shape index (κ2) is 5.09. The molecule has 1 aromatic heterocycles. The van der Waals surface area contributed by atoms with Gasteiger partial charge in [-0.05, 0) is 37.3 Å². The number of carbonyl (C=O) groups is 1. The number of Topliss-reactive ketones (excluding diaryl/α,β-unsaturated/α-hetero) is 1. The van der Waals surface area contributed by atoms with E-state index < -0.39 is 12.0 Å². The summed E-state index contributed by atoms with van der Waals surface area (Å²) in [5.41, 5.74) is -0.445. The first-order valence-electron chi connectivity index (χ1n) is 7.95. The summed E-state index contributed by atoms with van der Waals surface area (Å²) in [6.45, 7) is 3.00. The van der Waals surface area contributed by atoms with E-state index in [4.69, 9.17) is 0 Å². The van der Waals surface area contributed by atoms with E-state index in [0.717, 1.165) is 25.2 Å². The van der Waals surface area contributed by atoms with Crippen molar-refractivity contribution in [2.75, 3.05) is 18.0 Å². The van der Waals surface area contributed by atoms with Gasteiger partial charge in [0.05, 0.1) is 10.9 Å². The molecule has 0 amide bonds. The molecule has 126 valence electrons. The molecule has 1 aromatic carbocycles. The molecule has 2 heterocycles. The van der Waals surface area contributed by atoms with Gasteiger partial charge in [-0.1, -0.05) is 0 Å². The highest BCUT2D eigenvalue weighted by Crippen LogP contribution is 2.45. The van der Waals surface area contributed by atoms with Gasteiger partial charge in [0.1, 0.15) is 0 Å². The summed E-state index contributed by atoms with van der Waals surface area (Å²) in [6, 6.07) is 2.29. The number of hydrogen-bond donors (Lipinski definition) is 0. The second-order valence-corrected chi connectivity index (χ2v) is 6.76. The Labute approximate surface area is 136 Å². The van der Waals surface area contributed by atoms with Crippen LogP contribution in [0.5, 0.6) is 0 Å². The molecular weight excluding hydrogens is 316 g/mol. The van der Waals surface area contributed by atoms with Gasteiger partial charge in [-0.25, -0.2) is 13.8 Å². The third kappa shape index (κ3) is 2.22. The van der Waals surface area contributed by atoms with Crippen molar-refractivity contribution in [1.82, 2.24) is 9.55 Å². The molecule has 2 atom stereocenters. The number of alkyl halides is 2. The Hall–Kier alpha value is -2.31. The van der Waals surface area contributed by atoms with Crippen molar-refractivity contribution in [2.45, 2.75) is 19.8 Å². The molecule has 2 aromatic rings. The van der Waals surface area contributed by atoms with E-state index in [0.29, 0.717) is 17.8 Å². The van der Waals surface area contributed by atoms with Gasteiger partial charge < -0.3 is 4.90 Å². The number of benzene rings is 1. The fourth-order valence-corrected chi connectivity index (χ4v) is 3.63. The topological polar surface area (TPSA) is 55.2 Å². The van der Waals surface area contributed by atoms with E-state index in [1.807, 2.05) is 4.90 Å². The molecule has 5 nitrogen and oxygen atoms in total. The second-order valence-electron chi connectivity index (χ2n) is 6.76. The van der Waals surface area contributed by atoms with E-state index in [1.54, 1.807) is 7.05 Å². The maximum absolute atomic E-state index is 13.1. The van der Waals surface area contributed by atoms with Gasteiger partial charge in [0.25, 0.3) is 12.0 Å². The summed E-state index contributed by atoms with van der Waals surface area (Å²) in [5.74, 6) is 1.45. The van der Waals surface area contributed by atoms with Crippen molar-refractivity contribution in [3.8, 4) is 0 Å². The highest BCUT2D eigenvalue weighted by atomic mass is 19.3. The predicted octanol–water partition coefficient (Wildman–Crippen LogP) is 2.53. The maximum atomic E-state index is 13.1. The number of nitrogens with zero attached hydrogens (tertiary/aromatic N) is 3. The van der Waals surface area contributed by atoms with E-state index in [2.05, 4.69) is 4.98 Å². The Morgan fingerprint density at radius 2 is 1.96 bits per heavy atom. The summed E-state index contributed by atoms with van der Waals surface area (Å²) >= 11 is 0. The average molecular weight is 333 g/mol. The molecule has 0 radical (unpaired) electrons. The number of aromatic nitrogens is 2. The van der Waals surface area contributed by atoms with Gasteiger partial charge in [-0.3, -0.25) is 14.2 Å². The predicted molar refractivity (Wildman–Crippen MR) is 85.8 cm³/mol. The number of hydrogen-bond acceptors (Lipinski definition) is 4. The Morgan fingerprint density at radius 3 is 2.54 bits per heavy atom. The first kappa shape index (κ1) is 15.2. The molecule has 1 saturated heterocycles. The normalized spacial score (nSPS) is 22.3. The van der Waals surface area contributed by atoms with Crippen LogP contribution in [-0.2, 0) is 7.05 Å². The number of halogens is 2. The summed E-state index contributed by atoms with van der Waals surface area (Å²) in [7, 11) is 1.59. The lowest BCUT2D eigenvalue weighted by Crippen LogP contribution is -2.31. The van der Waals surface area contributed by atoms with Crippen LogP contribution in [0.2, 0.25) is 0 Å². The molecule has 7 heteroatoms. The maximum Gasteiger partial charge on any atom is 0.263 e. The fraction of sp³-hybridized carbons (Fsp3) is 0.471. The van der Waals surface area contributed by atoms with Crippen molar-refractivity contribution in [3.05, 3.63) is 33.6 Å². The highest BCUT2D eigenvalue weighted by molar-refractivity contribution is 6.05. The van der Waals surface area contributed by atoms with E-state index in [9.17, 15) is 18.4 Å². The van der Waals surface area contributed by atoms with Crippen molar-refractivity contribution >= 4 is 22.6 Å². The zero-order chi connectivity index (χ0) is 17.2. The Kier molecular flexibility index (Phi) is 3.23. The largest absolute Gasteiger partial charge is 0.342 e. The Bertz CT molecular complexity index is 912. The molecule has 24 heavy (non-hydrogen) atoms. The molecule has 1 aliphatic carbocycles. The third-order valence-electron chi connectivity index (χ3n) is 5.07. The van der Waals surface area contributed by atoms with Crippen LogP contribution in [-0.4, -0.2) is 28.4 Å². The lowest BCUT2D eigenvalue weighted by atomic mass is 10.0. The van der Waals surface area contributed by atoms with Gasteiger partial charge in [0.2, 0.25) is 5.95 Å². The lowest BCUT2D eigenvalue weighted by Gasteiger charge is -2.22. The van der Waals surface area contributed by atoms with E-state index >= 15 is 0 Å². The monoisotopic (exact) mass is 333 g/mol. The minimum atomic E-state index is -2.75. The molecule has 2 fully saturated rings. The zero-order valence-corrected chi connectivity index (χ0v) is 13.4. The summed E-state index contributed by atoms with van der Waals surface area (Å²) in [5, 5.41) is 0.0635. The molecule has 2 unspecified atom stereocenters. The van der Waals surface area contributed by atoms with Crippen molar-refractivity contribution in [1.29, 1.82) is 0 Å². The highest BCUT2D eigenvalue weighted by Gasteiger charge is 2.46. The van der Waals surface area contributed by atoms with E-state index in [-0.39, 0.29) is 27.8 Å². The van der Waals surface area contributed by atoms with Gasteiger partial charge in [0, 0.05) is 31.3 Å². The molecule has 0 bridgehead atoms. The number of rotatable bonds is 3. The number of fused-ring (bicyclic) bond motifs is 2. The molecule has 0 spiro atoms. The molecule has 1 saturated carbocycles. The quantitative estimate of drug-likeness (QED) is 0.810. The van der Waals surface area contributed by atoms with Crippen LogP contribution in [0.15, 0.2) is 16.9 Å². The minimum absolute atomic E-state index is 0.0635. The van der Waals surface area contributed by atoms with Crippen LogP contribution < -0.4 is 10.5 Å². The number of anilines is 1. The molecule has 2 aliphatic rings. The van der Waals surface area contributed by atoms with Gasteiger partial charge in [-0.15, -0.1) is 0 Å². The van der Waals surface area contributed by atoms with Crippen molar-refractivity contribution in [2.24, 2.45) is 18.9 Å². The third-order valence-corrected chi connectivity index (χ3v) is 5.07. The smallest absolute Gasteiger partial charge is 0.263 e. The zero-order valence-electron chi connectivity index (χ0n) is 13.4. The van der Waals surface area contributed by atoms with Crippen LogP contribution >= 0.6 is 0 Å². The Morgan fingerprint density at radius 1 is 1.29 bits per heavy atom.